The van der Waals surface area contributed by atoms with Gasteiger partial charge in [0.2, 0.25) is 0 Å². The maximum atomic E-state index is 6.33. The van der Waals surface area contributed by atoms with Crippen LogP contribution in [0.1, 0.15) is 56.6 Å². The van der Waals surface area contributed by atoms with Gasteiger partial charge in [-0.3, -0.25) is 0 Å². The number of methoxy groups -OCH3 is 1. The first-order valence-electron chi connectivity index (χ1n) is 11.8. The molecule has 0 heterocycles. The number of benzene rings is 2. The molecule has 1 atom stereocenters. The van der Waals surface area contributed by atoms with Crippen LogP contribution in [0.15, 0.2) is 42.5 Å². The average molecular weight is 440 g/mol. The summed E-state index contributed by atoms with van der Waals surface area (Å²) in [6.07, 6.45) is 8.72. The van der Waals surface area contributed by atoms with Crippen LogP contribution in [0.3, 0.4) is 0 Å². The smallest absolute Gasteiger partial charge is 0.166 e. The first-order chi connectivity index (χ1) is 15.1. The highest BCUT2D eigenvalue weighted by Gasteiger charge is 2.52. The second kappa shape index (κ2) is 8.67. The summed E-state index contributed by atoms with van der Waals surface area (Å²) in [4.78, 5) is 0. The standard InChI is InChI=1S/C27H34ClNO2/c1-18(27-13-19-10-20(14-27)12-21(11-19)15-27)29-16-22-7-5-9-25(30-2)26(22)31-17-23-6-3-4-8-24(23)28/h3-9,18-21,29H,10-17H2,1-2H3. The normalized spacial score (nSPS) is 29.7. The molecule has 4 aliphatic rings. The van der Waals surface area contributed by atoms with Crippen LogP contribution in [-0.4, -0.2) is 13.2 Å². The monoisotopic (exact) mass is 439 g/mol. The summed E-state index contributed by atoms with van der Waals surface area (Å²) in [7, 11) is 1.70. The Hall–Kier alpha value is -1.71. The molecule has 3 nitrogen and oxygen atoms in total. The first kappa shape index (κ1) is 21.2. The van der Waals surface area contributed by atoms with Crippen molar-refractivity contribution in [2.75, 3.05) is 7.11 Å². The molecule has 1 unspecified atom stereocenters. The number of halogens is 1. The van der Waals surface area contributed by atoms with Gasteiger partial charge in [0.1, 0.15) is 6.61 Å². The van der Waals surface area contributed by atoms with Gasteiger partial charge in [-0.25, -0.2) is 0 Å². The minimum absolute atomic E-state index is 0.428. The molecule has 0 aromatic heterocycles. The summed E-state index contributed by atoms with van der Waals surface area (Å²) in [6.45, 7) is 3.63. The van der Waals surface area contributed by atoms with Gasteiger partial charge in [0.15, 0.2) is 11.5 Å². The van der Waals surface area contributed by atoms with Crippen molar-refractivity contribution in [2.24, 2.45) is 23.2 Å². The zero-order valence-corrected chi connectivity index (χ0v) is 19.5. The van der Waals surface area contributed by atoms with Gasteiger partial charge in [0, 0.05) is 28.7 Å². The van der Waals surface area contributed by atoms with Crippen LogP contribution < -0.4 is 14.8 Å². The van der Waals surface area contributed by atoms with E-state index in [0.29, 0.717) is 18.1 Å². The van der Waals surface area contributed by atoms with Crippen LogP contribution in [0.25, 0.3) is 0 Å². The third-order valence-electron chi connectivity index (χ3n) is 8.21. The molecule has 1 N–H and O–H groups in total. The number of rotatable bonds is 8. The molecule has 31 heavy (non-hydrogen) atoms. The van der Waals surface area contributed by atoms with Gasteiger partial charge in [-0.15, -0.1) is 0 Å². The van der Waals surface area contributed by atoms with E-state index < -0.39 is 0 Å². The molecule has 4 bridgehead atoms. The third kappa shape index (κ3) is 4.19. The van der Waals surface area contributed by atoms with Crippen molar-refractivity contribution in [2.45, 2.75) is 64.6 Å². The van der Waals surface area contributed by atoms with Crippen molar-refractivity contribution in [1.82, 2.24) is 5.32 Å². The largest absolute Gasteiger partial charge is 0.493 e. The lowest BCUT2D eigenvalue weighted by molar-refractivity contribution is -0.0706. The highest BCUT2D eigenvalue weighted by atomic mass is 35.5. The fraction of sp³-hybridized carbons (Fsp3) is 0.556. The molecule has 2 aromatic carbocycles. The Morgan fingerprint density at radius 2 is 1.61 bits per heavy atom. The van der Waals surface area contributed by atoms with E-state index in [-0.39, 0.29) is 0 Å². The minimum atomic E-state index is 0.428. The Morgan fingerprint density at radius 1 is 0.968 bits per heavy atom. The van der Waals surface area contributed by atoms with E-state index in [2.05, 4.69) is 18.3 Å². The van der Waals surface area contributed by atoms with Crippen LogP contribution in [0.4, 0.5) is 0 Å². The van der Waals surface area contributed by atoms with Gasteiger partial charge in [-0.2, -0.15) is 0 Å². The average Bonchev–Trinajstić information content (AvgIpc) is 2.76. The van der Waals surface area contributed by atoms with Crippen molar-refractivity contribution in [3.05, 3.63) is 58.6 Å². The van der Waals surface area contributed by atoms with E-state index in [1.807, 2.05) is 36.4 Å². The molecule has 2 aromatic rings. The predicted molar refractivity (Wildman–Crippen MR) is 126 cm³/mol. The topological polar surface area (TPSA) is 30.5 Å². The van der Waals surface area contributed by atoms with E-state index in [1.165, 1.54) is 38.5 Å². The first-order valence-corrected chi connectivity index (χ1v) is 12.2. The summed E-state index contributed by atoms with van der Waals surface area (Å²) >= 11 is 6.33. The van der Waals surface area contributed by atoms with Gasteiger partial charge >= 0.3 is 0 Å². The summed E-state index contributed by atoms with van der Waals surface area (Å²) in [5, 5.41) is 4.62. The second-order valence-corrected chi connectivity index (χ2v) is 10.6. The Balaban J connectivity index is 1.29. The van der Waals surface area contributed by atoms with Gasteiger partial charge in [0.05, 0.1) is 7.11 Å². The van der Waals surface area contributed by atoms with Gasteiger partial charge in [0.25, 0.3) is 0 Å². The molecule has 0 amide bonds. The zero-order valence-electron chi connectivity index (χ0n) is 18.7. The van der Waals surface area contributed by atoms with Gasteiger partial charge < -0.3 is 14.8 Å². The van der Waals surface area contributed by atoms with E-state index in [0.717, 1.165) is 51.9 Å². The highest BCUT2D eigenvalue weighted by Crippen LogP contribution is 2.61. The van der Waals surface area contributed by atoms with E-state index in [1.54, 1.807) is 7.11 Å². The molecule has 0 saturated heterocycles. The van der Waals surface area contributed by atoms with Gasteiger partial charge in [-0.05, 0) is 80.8 Å². The molecule has 4 saturated carbocycles. The molecule has 0 aliphatic heterocycles. The van der Waals surface area contributed by atoms with Crippen molar-refractivity contribution in [3.63, 3.8) is 0 Å². The van der Waals surface area contributed by atoms with Gasteiger partial charge in [-0.1, -0.05) is 41.9 Å². The summed E-state index contributed by atoms with van der Waals surface area (Å²) < 4.78 is 11.9. The maximum absolute atomic E-state index is 6.33. The minimum Gasteiger partial charge on any atom is -0.493 e. The molecule has 4 aliphatic carbocycles. The van der Waals surface area contributed by atoms with Crippen molar-refractivity contribution in [3.8, 4) is 11.5 Å². The molecule has 4 heteroatoms. The van der Waals surface area contributed by atoms with Crippen molar-refractivity contribution >= 4 is 11.6 Å². The maximum Gasteiger partial charge on any atom is 0.166 e. The lowest BCUT2D eigenvalue weighted by atomic mass is 9.48. The second-order valence-electron chi connectivity index (χ2n) is 10.2. The molecular weight excluding hydrogens is 406 g/mol. The fourth-order valence-electron chi connectivity index (χ4n) is 6.98. The molecule has 166 valence electrons. The number of nitrogens with one attached hydrogen (secondary N) is 1. The fourth-order valence-corrected chi connectivity index (χ4v) is 7.17. The molecule has 0 radical (unpaired) electrons. The van der Waals surface area contributed by atoms with E-state index >= 15 is 0 Å². The summed E-state index contributed by atoms with van der Waals surface area (Å²) in [5.74, 6) is 4.51. The molecule has 4 fully saturated rings. The molecular formula is C27H34ClNO2. The number of hydrogen-bond acceptors (Lipinski definition) is 3. The highest BCUT2D eigenvalue weighted by molar-refractivity contribution is 6.31. The van der Waals surface area contributed by atoms with Crippen LogP contribution in [0.2, 0.25) is 5.02 Å². The summed E-state index contributed by atoms with van der Waals surface area (Å²) in [5.41, 5.74) is 2.62. The van der Waals surface area contributed by atoms with Crippen molar-refractivity contribution in [1.29, 1.82) is 0 Å². The number of ether oxygens (including phenoxy) is 2. The van der Waals surface area contributed by atoms with Crippen molar-refractivity contribution < 1.29 is 9.47 Å². The molecule has 0 spiro atoms. The lowest BCUT2D eigenvalue weighted by Gasteiger charge is -2.59. The Morgan fingerprint density at radius 3 is 2.26 bits per heavy atom. The number of hydrogen-bond donors (Lipinski definition) is 1. The lowest BCUT2D eigenvalue weighted by Crippen LogP contribution is -2.54. The Bertz CT molecular complexity index is 892. The van der Waals surface area contributed by atoms with Crippen LogP contribution in [0, 0.1) is 23.2 Å². The number of para-hydroxylation sites is 1. The predicted octanol–water partition coefficient (Wildman–Crippen LogP) is 6.62. The van der Waals surface area contributed by atoms with Crippen LogP contribution in [0.5, 0.6) is 11.5 Å². The van der Waals surface area contributed by atoms with Crippen LogP contribution in [-0.2, 0) is 13.2 Å². The van der Waals surface area contributed by atoms with Crippen LogP contribution >= 0.6 is 11.6 Å². The zero-order chi connectivity index (χ0) is 21.4. The summed E-state index contributed by atoms with van der Waals surface area (Å²) in [6, 6.07) is 14.5. The van der Waals surface area contributed by atoms with E-state index in [4.69, 9.17) is 21.1 Å². The Labute approximate surface area is 191 Å². The third-order valence-corrected chi connectivity index (χ3v) is 8.58. The SMILES string of the molecule is COc1cccc(CNC(C)C23CC4CC(CC(C4)C2)C3)c1OCc1ccccc1Cl. The quantitative estimate of drug-likeness (QED) is 0.501. The molecule has 6 rings (SSSR count). The Kier molecular flexibility index (Phi) is 5.92. The van der Waals surface area contributed by atoms with E-state index in [9.17, 15) is 0 Å².